The molecule has 0 saturated carbocycles. The Balaban J connectivity index is 2.34. The van der Waals surface area contributed by atoms with Crippen LogP contribution in [0.5, 0.6) is 11.5 Å². The predicted molar refractivity (Wildman–Crippen MR) is 108 cm³/mol. The molecule has 0 aromatic heterocycles. The Kier molecular flexibility index (Phi) is 5.95. The van der Waals surface area contributed by atoms with E-state index in [1.54, 1.807) is 0 Å². The summed E-state index contributed by atoms with van der Waals surface area (Å²) in [7, 11) is -9.98. The molecule has 0 bridgehead atoms. The Morgan fingerprint density at radius 1 is 0.812 bits per heavy atom. The van der Waals surface area contributed by atoms with Crippen molar-refractivity contribution in [1.29, 1.82) is 0 Å². The molecule has 0 amide bonds. The van der Waals surface area contributed by atoms with Crippen LogP contribution in [0.3, 0.4) is 0 Å². The number of nitrogens with zero attached hydrogens (tertiary/aromatic N) is 2. The van der Waals surface area contributed by atoms with Crippen LogP contribution in [-0.2, 0) is 24.0 Å². The summed E-state index contributed by atoms with van der Waals surface area (Å²) in [5.74, 6) is -1.87. The van der Waals surface area contributed by atoms with E-state index in [-0.39, 0.29) is 5.69 Å². The van der Waals surface area contributed by atoms with Crippen LogP contribution in [0, 0.1) is 0 Å². The minimum absolute atomic E-state index is 0.293. The van der Waals surface area contributed by atoms with Gasteiger partial charge >= 0.3 is 183 Å². The third kappa shape index (κ3) is 4.68. The van der Waals surface area contributed by atoms with Crippen molar-refractivity contribution in [3.63, 3.8) is 0 Å². The molecule has 170 valence electrons. The van der Waals surface area contributed by atoms with Gasteiger partial charge in [0.15, 0.2) is 0 Å². The molecule has 0 aliphatic rings. The molecule has 0 spiro atoms. The van der Waals surface area contributed by atoms with E-state index in [0.29, 0.717) is 18.2 Å². The molecule has 0 radical (unpaired) electrons. The molecule has 32 heavy (non-hydrogen) atoms. The quantitative estimate of drug-likeness (QED) is 0.148. The van der Waals surface area contributed by atoms with Gasteiger partial charge in [-0.05, 0) is 0 Å². The summed E-state index contributed by atoms with van der Waals surface area (Å²) in [5, 5.41) is 26.5. The Morgan fingerprint density at radius 2 is 1.41 bits per heavy atom. The molecule has 3 rings (SSSR count). The van der Waals surface area contributed by atoms with Crippen LogP contribution in [0.1, 0.15) is 0 Å². The van der Waals surface area contributed by atoms with Crippen LogP contribution in [0.4, 0.5) is 11.4 Å². The summed E-state index contributed by atoms with van der Waals surface area (Å²) in [6.45, 7) is 0. The van der Waals surface area contributed by atoms with Gasteiger partial charge in [0.05, 0.1) is 0 Å². The number of hydrogen-bond acceptors (Lipinski definition) is 9. The van der Waals surface area contributed by atoms with E-state index >= 15 is 0 Å². The van der Waals surface area contributed by atoms with Crippen molar-refractivity contribution in [1.82, 2.24) is 0 Å². The zero-order chi connectivity index (χ0) is 24.1. The Bertz CT molecular complexity index is 1540. The number of azo groups is 1. The van der Waals surface area contributed by atoms with Crippen LogP contribution in [0.2, 0.25) is 0 Å². The van der Waals surface area contributed by atoms with Gasteiger partial charge in [0.25, 0.3) is 0 Å². The van der Waals surface area contributed by atoms with Crippen molar-refractivity contribution < 1.29 is 48.1 Å². The first-order valence-electron chi connectivity index (χ1n) is 8.15. The number of phenolic OH excluding ortho intramolecular Hbond substituents is 2. The van der Waals surface area contributed by atoms with Crippen LogP contribution in [0.15, 0.2) is 62.5 Å². The average Bonchev–Trinajstić information content (AvgIpc) is 2.64. The zero-order valence-electron chi connectivity index (χ0n) is 15.4. The SMILES string of the molecule is O=S(=O)(O)c1cc(O)c2c(O)c(N=Nc3ccccc3[As](=O)(O)O)cc(S(=O)(=O)O)c2c1. The van der Waals surface area contributed by atoms with E-state index in [1.165, 1.54) is 18.2 Å². The number of benzene rings is 3. The van der Waals surface area contributed by atoms with E-state index in [9.17, 15) is 48.1 Å². The molecule has 0 atom stereocenters. The summed E-state index contributed by atoms with van der Waals surface area (Å²) in [4.78, 5) is -1.91. The molecule has 0 aliphatic carbocycles. The Labute approximate surface area is 182 Å². The van der Waals surface area contributed by atoms with Crippen molar-refractivity contribution in [3.05, 3.63) is 42.5 Å². The van der Waals surface area contributed by atoms with Gasteiger partial charge in [-0.3, -0.25) is 0 Å². The van der Waals surface area contributed by atoms with Crippen molar-refractivity contribution in [2.45, 2.75) is 9.79 Å². The van der Waals surface area contributed by atoms with Crippen LogP contribution in [-0.4, -0.2) is 58.5 Å². The second kappa shape index (κ2) is 7.97. The van der Waals surface area contributed by atoms with Gasteiger partial charge in [0, 0.05) is 0 Å². The van der Waals surface area contributed by atoms with Gasteiger partial charge in [-0.1, -0.05) is 0 Å². The molecule has 13 nitrogen and oxygen atoms in total. The zero-order valence-corrected chi connectivity index (χ0v) is 18.9. The molecule has 0 heterocycles. The predicted octanol–water partition coefficient (Wildman–Crippen LogP) is 0.721. The standard InChI is InChI=1S/C16H13AsN2O11S2/c20-13-6-8(31(25,26)27)5-9-14(32(28,29)30)7-12(16(21)15(9)13)19-18-11-4-2-1-3-10(11)17(22,23)24/h1-7,20-21H,(H2,22,23,24)(H,25,26,27)(H,28,29,30). The Hall–Kier alpha value is -2.78. The average molecular weight is 548 g/mol. The fourth-order valence-corrected chi connectivity index (χ4v) is 5.48. The van der Waals surface area contributed by atoms with Crippen molar-refractivity contribution >= 4 is 60.9 Å². The van der Waals surface area contributed by atoms with Gasteiger partial charge in [0.2, 0.25) is 0 Å². The third-order valence-electron chi connectivity index (χ3n) is 4.14. The van der Waals surface area contributed by atoms with E-state index in [2.05, 4.69) is 10.2 Å². The monoisotopic (exact) mass is 548 g/mol. The molecular weight excluding hydrogens is 535 g/mol. The van der Waals surface area contributed by atoms with Gasteiger partial charge in [-0.25, -0.2) is 0 Å². The van der Waals surface area contributed by atoms with Crippen LogP contribution < -0.4 is 4.35 Å². The molecule has 3 aromatic rings. The van der Waals surface area contributed by atoms with Crippen molar-refractivity contribution in [2.75, 3.05) is 0 Å². The molecule has 3 aromatic carbocycles. The summed E-state index contributed by atoms with van der Waals surface area (Å²) in [6.07, 6.45) is 0. The van der Waals surface area contributed by atoms with E-state index in [4.69, 9.17) is 0 Å². The second-order valence-corrected chi connectivity index (χ2v) is 12.4. The molecule has 0 saturated heterocycles. The van der Waals surface area contributed by atoms with E-state index < -0.39 is 76.5 Å². The molecule has 0 fully saturated rings. The number of aromatic hydroxyl groups is 2. The molecular formula is C16H13AsN2O11S2. The first-order valence-corrected chi connectivity index (χ1v) is 14.4. The van der Waals surface area contributed by atoms with Crippen LogP contribution >= 0.6 is 0 Å². The van der Waals surface area contributed by atoms with Crippen molar-refractivity contribution in [2.24, 2.45) is 10.2 Å². The summed E-state index contributed by atoms with van der Waals surface area (Å²) >= 11 is -5.43. The first-order chi connectivity index (χ1) is 14.6. The van der Waals surface area contributed by atoms with E-state index in [0.717, 1.165) is 6.07 Å². The molecule has 6 N–H and O–H groups in total. The van der Waals surface area contributed by atoms with E-state index in [1.807, 2.05) is 0 Å². The Morgan fingerprint density at radius 3 is 1.97 bits per heavy atom. The number of fused-ring (bicyclic) bond motifs is 1. The van der Waals surface area contributed by atoms with Gasteiger partial charge < -0.3 is 0 Å². The molecule has 0 unspecified atom stereocenters. The summed E-state index contributed by atoms with van der Waals surface area (Å²) < 4.78 is 95.3. The number of phenols is 2. The molecule has 16 heteroatoms. The minimum atomic E-state index is -5.43. The normalized spacial score (nSPS) is 13.1. The van der Waals surface area contributed by atoms with Gasteiger partial charge in [0.1, 0.15) is 0 Å². The molecule has 0 aliphatic heterocycles. The number of rotatable bonds is 5. The van der Waals surface area contributed by atoms with Crippen molar-refractivity contribution in [3.8, 4) is 11.5 Å². The fraction of sp³-hybridized carbons (Fsp3) is 0. The first kappa shape index (κ1) is 23.9. The van der Waals surface area contributed by atoms with Gasteiger partial charge in [-0.2, -0.15) is 0 Å². The maximum absolute atomic E-state index is 11.8. The number of hydrogen-bond donors (Lipinski definition) is 6. The van der Waals surface area contributed by atoms with Crippen LogP contribution in [0.25, 0.3) is 10.8 Å². The van der Waals surface area contributed by atoms with Gasteiger partial charge in [-0.15, -0.1) is 0 Å². The fourth-order valence-electron chi connectivity index (χ4n) is 2.78. The third-order valence-corrected chi connectivity index (χ3v) is 7.98. The maximum atomic E-state index is 11.8. The summed E-state index contributed by atoms with van der Waals surface area (Å²) in [5.41, 5.74) is -0.938. The summed E-state index contributed by atoms with van der Waals surface area (Å²) in [6, 6.07) is 6.73. The second-order valence-electron chi connectivity index (χ2n) is 6.29. The topological polar surface area (TPSA) is 231 Å².